The third-order valence-electron chi connectivity index (χ3n) is 6.61. The number of nitrogens with zero attached hydrogens (tertiary/aromatic N) is 3. The zero-order valence-corrected chi connectivity index (χ0v) is 27.4. The van der Waals surface area contributed by atoms with Crippen LogP contribution in [0, 0.1) is 10.5 Å². The number of aryl methyl sites for hydroxylation is 1. The summed E-state index contributed by atoms with van der Waals surface area (Å²) in [5.74, 6) is 0.121. The normalized spacial score (nSPS) is 24.9. The minimum atomic E-state index is -4.69. The van der Waals surface area contributed by atoms with Crippen LogP contribution in [0.15, 0.2) is 53.4 Å². The van der Waals surface area contributed by atoms with Gasteiger partial charge in [-0.1, -0.05) is 0 Å². The number of ether oxygens (including phenoxy) is 2. The van der Waals surface area contributed by atoms with Gasteiger partial charge < -0.3 is 0 Å². The molecule has 11 nitrogen and oxygen atoms in total. The van der Waals surface area contributed by atoms with Gasteiger partial charge in [0, 0.05) is 0 Å². The topological polar surface area (TPSA) is 129 Å². The molecule has 3 unspecified atom stereocenters. The number of aliphatic hydroxyl groups excluding tert-OH is 1. The number of carbonyl (C=O) groups is 1. The Morgan fingerprint density at radius 2 is 1.91 bits per heavy atom. The van der Waals surface area contributed by atoms with Crippen molar-refractivity contribution in [1.29, 1.82) is 0 Å². The first-order valence-corrected chi connectivity index (χ1v) is 17.6. The summed E-state index contributed by atoms with van der Waals surface area (Å²) in [6.45, 7) is 6.73. The molecule has 0 radical (unpaired) electrons. The standard InChI is InChI=1S/C28H33F3IN5O6S/c1-15-33-25(37(36-15)19-13-17(44-5)11-12-18(19)28(29,30)31)24-22(38)21(34-35-26(39)42-27(2,3)4)23-20(41-24)14-40-32(43-23)16-9-7-6-8-10-16/h6-13,20-24,34,38H,14H2,1-5H3,(H,35,39)/t20?,21?,22?,23-,24+/m0/s1. The molecule has 2 aliphatic rings. The molecule has 2 fully saturated rings. The Labute approximate surface area is 264 Å². The number of fused-ring (bicyclic) bond motifs is 1. The number of rotatable bonds is 6. The van der Waals surface area contributed by atoms with E-state index < -0.39 is 74.5 Å². The van der Waals surface area contributed by atoms with Crippen molar-refractivity contribution in [1.82, 2.24) is 25.6 Å². The zero-order chi connectivity index (χ0) is 31.8. The molecule has 3 N–H and O–H groups in total. The molecule has 0 bridgehead atoms. The number of nitrogens with one attached hydrogen (secondary N) is 2. The molecule has 0 aliphatic carbocycles. The van der Waals surface area contributed by atoms with Crippen LogP contribution in [0.5, 0.6) is 0 Å². The predicted molar refractivity (Wildman–Crippen MR) is 163 cm³/mol. The number of carbonyl (C=O) groups excluding carboxylic acids is 1. The molecule has 16 heteroatoms. The van der Waals surface area contributed by atoms with Crippen molar-refractivity contribution in [3.05, 3.63) is 69.3 Å². The molecule has 2 aliphatic heterocycles. The van der Waals surface area contributed by atoms with Crippen molar-refractivity contribution < 1.29 is 38.7 Å². The van der Waals surface area contributed by atoms with E-state index in [0.29, 0.717) is 4.90 Å². The predicted octanol–water partition coefficient (Wildman–Crippen LogP) is 5.14. The molecule has 2 saturated heterocycles. The third-order valence-corrected chi connectivity index (χ3v) is 11.0. The number of hydrazine groups is 1. The molecule has 1 amide bonds. The van der Waals surface area contributed by atoms with Gasteiger partial charge in [0.2, 0.25) is 0 Å². The third kappa shape index (κ3) is 7.32. The molecule has 3 aromatic rings. The number of amides is 1. The summed E-state index contributed by atoms with van der Waals surface area (Å²) >= 11 is -1.39. The molecular weight excluding hydrogens is 718 g/mol. The molecule has 2 aromatic carbocycles. The Kier molecular flexibility index (Phi) is 9.79. The quantitative estimate of drug-likeness (QED) is 0.177. The van der Waals surface area contributed by atoms with Gasteiger partial charge in [0.1, 0.15) is 0 Å². The number of thioether (sulfide) groups is 1. The number of benzene rings is 2. The van der Waals surface area contributed by atoms with Crippen molar-refractivity contribution in [2.75, 3.05) is 12.9 Å². The molecule has 0 spiro atoms. The molecular formula is C28H33F3IN5O6S. The summed E-state index contributed by atoms with van der Waals surface area (Å²) < 4.78 is 68.5. The Morgan fingerprint density at radius 3 is 2.57 bits per heavy atom. The van der Waals surface area contributed by atoms with Gasteiger partial charge in [-0.25, -0.2) is 0 Å². The Balaban J connectivity index is 1.51. The molecule has 5 atom stereocenters. The van der Waals surface area contributed by atoms with E-state index in [1.165, 1.54) is 30.8 Å². The van der Waals surface area contributed by atoms with Crippen LogP contribution in [-0.4, -0.2) is 68.8 Å². The maximum atomic E-state index is 14.1. The second-order valence-corrected chi connectivity index (χ2v) is 15.5. The van der Waals surface area contributed by atoms with E-state index in [9.17, 15) is 23.1 Å². The van der Waals surface area contributed by atoms with E-state index >= 15 is 0 Å². The molecule has 3 heterocycles. The van der Waals surface area contributed by atoms with E-state index in [4.69, 9.17) is 15.6 Å². The van der Waals surface area contributed by atoms with Crippen molar-refractivity contribution >= 4 is 38.5 Å². The zero-order valence-electron chi connectivity index (χ0n) is 24.5. The number of aromatic nitrogens is 3. The van der Waals surface area contributed by atoms with Gasteiger partial charge in [0.25, 0.3) is 0 Å². The number of aliphatic hydroxyl groups is 1. The van der Waals surface area contributed by atoms with Gasteiger partial charge in [-0.2, -0.15) is 0 Å². The van der Waals surface area contributed by atoms with Crippen LogP contribution in [0.1, 0.15) is 44.1 Å². The Bertz CT molecular complexity index is 1470. The summed E-state index contributed by atoms with van der Waals surface area (Å²) in [6.07, 6.45) is -8.04. The van der Waals surface area contributed by atoms with Gasteiger partial charge in [-0.05, 0) is 0 Å². The monoisotopic (exact) mass is 751 g/mol. The summed E-state index contributed by atoms with van der Waals surface area (Å²) in [7, 11) is 0. The van der Waals surface area contributed by atoms with Crippen LogP contribution in [-0.2, 0) is 21.8 Å². The molecule has 44 heavy (non-hydrogen) atoms. The van der Waals surface area contributed by atoms with Crippen LogP contribution in [0.3, 0.4) is 0 Å². The second-order valence-electron chi connectivity index (χ2n) is 11.0. The molecule has 5 rings (SSSR count). The fourth-order valence-corrected chi connectivity index (χ4v) is 8.84. The van der Waals surface area contributed by atoms with Gasteiger partial charge in [0.15, 0.2) is 0 Å². The number of alkyl halides is 3. The molecule has 1 aromatic heterocycles. The Hall–Kier alpha value is -2.48. The van der Waals surface area contributed by atoms with Gasteiger partial charge >= 0.3 is 265 Å². The first kappa shape index (κ1) is 32.9. The average Bonchev–Trinajstić information content (AvgIpc) is 3.36. The first-order valence-electron chi connectivity index (χ1n) is 13.6. The van der Waals surface area contributed by atoms with Crippen LogP contribution in [0.4, 0.5) is 18.0 Å². The van der Waals surface area contributed by atoms with Crippen LogP contribution in [0.25, 0.3) is 5.69 Å². The fraction of sp³-hybridized carbons (Fsp3) is 0.464. The summed E-state index contributed by atoms with van der Waals surface area (Å²) in [6, 6.07) is 12.1. The van der Waals surface area contributed by atoms with Crippen LogP contribution < -0.4 is 10.9 Å². The van der Waals surface area contributed by atoms with E-state index in [0.717, 1.165) is 14.3 Å². The van der Waals surface area contributed by atoms with Crippen molar-refractivity contribution in [3.8, 4) is 5.69 Å². The van der Waals surface area contributed by atoms with E-state index in [1.807, 2.05) is 30.3 Å². The van der Waals surface area contributed by atoms with Crippen molar-refractivity contribution in [2.24, 2.45) is 0 Å². The number of hydrogen-bond acceptors (Lipinski definition) is 10. The van der Waals surface area contributed by atoms with Gasteiger partial charge in [-0.15, -0.1) is 0 Å². The number of hydrogen-bond donors (Lipinski definition) is 3. The summed E-state index contributed by atoms with van der Waals surface area (Å²) in [5, 5.41) is 16.0. The van der Waals surface area contributed by atoms with Gasteiger partial charge in [-0.3, -0.25) is 0 Å². The van der Waals surface area contributed by atoms with E-state index in [2.05, 4.69) is 20.9 Å². The summed E-state index contributed by atoms with van der Waals surface area (Å²) in [4.78, 5) is 17.5. The first-order chi connectivity index (χ1) is 20.7. The average molecular weight is 752 g/mol. The summed E-state index contributed by atoms with van der Waals surface area (Å²) in [5.41, 5.74) is 3.33. The fourth-order valence-electron chi connectivity index (χ4n) is 4.75. The van der Waals surface area contributed by atoms with Crippen LogP contribution in [0.2, 0.25) is 0 Å². The molecule has 240 valence electrons. The minimum absolute atomic E-state index is 0.0507. The van der Waals surface area contributed by atoms with Crippen molar-refractivity contribution in [3.63, 3.8) is 0 Å². The SMILES string of the molecule is CSc1ccc(C(F)(F)F)c(-n2nc(C)nc2[C@@H]2OC3COI(c4ccccc4)O[C@@H]3C(NNC(=O)OC(C)(C)C)C2O)c1. The Morgan fingerprint density at radius 1 is 1.18 bits per heavy atom. The van der Waals surface area contributed by atoms with Gasteiger partial charge in [0.05, 0.1) is 0 Å². The number of halogens is 4. The van der Waals surface area contributed by atoms with E-state index in [1.54, 1.807) is 27.0 Å². The molecule has 0 saturated carbocycles. The maximum absolute atomic E-state index is 14.1. The van der Waals surface area contributed by atoms with Crippen LogP contribution >= 0.6 is 32.4 Å². The van der Waals surface area contributed by atoms with E-state index in [-0.39, 0.29) is 23.9 Å². The second kappa shape index (κ2) is 13.1. The van der Waals surface area contributed by atoms with Crippen molar-refractivity contribution in [2.45, 2.75) is 74.8 Å².